The number of hydrogen-bond donors (Lipinski definition) is 2. The van der Waals surface area contributed by atoms with E-state index in [2.05, 4.69) is 38.2 Å². The smallest absolute Gasteiger partial charge is 0.323 e. The molecule has 1 heterocycles. The van der Waals surface area contributed by atoms with Crippen LogP contribution in [0.5, 0.6) is 5.75 Å². The van der Waals surface area contributed by atoms with Crippen LogP contribution < -0.4 is 10.1 Å². The van der Waals surface area contributed by atoms with Gasteiger partial charge in [0.1, 0.15) is 11.3 Å². The van der Waals surface area contributed by atoms with Gasteiger partial charge in [0.25, 0.3) is 0 Å². The summed E-state index contributed by atoms with van der Waals surface area (Å²) in [6.45, 7) is 9.48. The van der Waals surface area contributed by atoms with Crippen LogP contribution in [0, 0.1) is 5.41 Å². The highest BCUT2D eigenvalue weighted by atomic mass is 16.5. The highest BCUT2D eigenvalue weighted by Crippen LogP contribution is 2.28. The summed E-state index contributed by atoms with van der Waals surface area (Å²) in [5.74, 6) is 0.151. The minimum absolute atomic E-state index is 0.123. The summed E-state index contributed by atoms with van der Waals surface area (Å²) >= 11 is 0. The Morgan fingerprint density at radius 2 is 2.00 bits per heavy atom. The van der Waals surface area contributed by atoms with E-state index < -0.39 is 11.5 Å². The largest absolute Gasteiger partial charge is 0.493 e. The van der Waals surface area contributed by atoms with Gasteiger partial charge in [-0.05, 0) is 55.2 Å². The summed E-state index contributed by atoms with van der Waals surface area (Å²) in [5.41, 5.74) is 1.52. The van der Waals surface area contributed by atoms with Crippen molar-refractivity contribution in [1.29, 1.82) is 0 Å². The number of rotatable bonds is 6. The third kappa shape index (κ3) is 4.96. The van der Waals surface area contributed by atoms with Crippen molar-refractivity contribution in [1.82, 2.24) is 5.32 Å². The van der Waals surface area contributed by atoms with Gasteiger partial charge in [-0.1, -0.05) is 32.9 Å². The standard InChI is InChI=1S/C19H29NO3/c1-18(2,3)9-10-19(4,17(21)22)20-13-14-7-8-15-6-5-11-23-16(15)12-14/h7-8,12,20H,5-6,9-11,13H2,1-4H3,(H,21,22)/t19-/m0/s1. The van der Waals surface area contributed by atoms with Crippen LogP contribution in [-0.2, 0) is 17.8 Å². The molecule has 1 aliphatic rings. The Hall–Kier alpha value is -1.55. The second-order valence-corrected chi connectivity index (χ2v) is 7.95. The molecule has 0 radical (unpaired) electrons. The van der Waals surface area contributed by atoms with Crippen LogP contribution in [0.3, 0.4) is 0 Å². The monoisotopic (exact) mass is 319 g/mol. The zero-order valence-corrected chi connectivity index (χ0v) is 14.7. The molecule has 0 bridgehead atoms. The fourth-order valence-electron chi connectivity index (χ4n) is 2.69. The second kappa shape index (κ2) is 6.91. The van der Waals surface area contributed by atoms with Crippen LogP contribution in [0.4, 0.5) is 0 Å². The minimum atomic E-state index is -0.913. The molecule has 0 fully saturated rings. The zero-order chi connectivity index (χ0) is 17.1. The lowest BCUT2D eigenvalue weighted by atomic mass is 9.84. The van der Waals surface area contributed by atoms with E-state index in [0.29, 0.717) is 13.0 Å². The van der Waals surface area contributed by atoms with Gasteiger partial charge in [-0.2, -0.15) is 0 Å². The molecule has 4 nitrogen and oxygen atoms in total. The van der Waals surface area contributed by atoms with Crippen LogP contribution in [0.1, 0.15) is 58.1 Å². The molecule has 0 aromatic heterocycles. The number of nitrogens with one attached hydrogen (secondary N) is 1. The van der Waals surface area contributed by atoms with Gasteiger partial charge in [0.15, 0.2) is 0 Å². The van der Waals surface area contributed by atoms with Crippen molar-refractivity contribution >= 4 is 5.97 Å². The fourth-order valence-corrected chi connectivity index (χ4v) is 2.69. The zero-order valence-electron chi connectivity index (χ0n) is 14.7. The van der Waals surface area contributed by atoms with E-state index in [9.17, 15) is 9.90 Å². The first-order valence-corrected chi connectivity index (χ1v) is 8.43. The Kier molecular flexibility index (Phi) is 5.35. The Morgan fingerprint density at radius 3 is 2.65 bits per heavy atom. The van der Waals surface area contributed by atoms with Crippen molar-refractivity contribution in [3.63, 3.8) is 0 Å². The van der Waals surface area contributed by atoms with Gasteiger partial charge in [-0.3, -0.25) is 10.1 Å². The molecule has 0 saturated carbocycles. The SMILES string of the molecule is CC(C)(C)CC[C@](C)(NCc1ccc2c(c1)OCCC2)C(=O)O. The fraction of sp³-hybridized carbons (Fsp3) is 0.632. The normalized spacial score (nSPS) is 17.0. The molecular weight excluding hydrogens is 290 g/mol. The first-order chi connectivity index (χ1) is 10.7. The second-order valence-electron chi connectivity index (χ2n) is 7.95. The molecule has 0 aliphatic carbocycles. The quantitative estimate of drug-likeness (QED) is 0.838. The van der Waals surface area contributed by atoms with Crippen LogP contribution in [0.15, 0.2) is 18.2 Å². The summed E-state index contributed by atoms with van der Waals surface area (Å²) in [5, 5.41) is 12.8. The van der Waals surface area contributed by atoms with E-state index in [0.717, 1.165) is 37.2 Å². The topological polar surface area (TPSA) is 58.6 Å². The number of aryl methyl sites for hydroxylation is 1. The Bertz CT molecular complexity index is 562. The number of benzene rings is 1. The Morgan fingerprint density at radius 1 is 1.26 bits per heavy atom. The lowest BCUT2D eigenvalue weighted by Gasteiger charge is -2.30. The number of aliphatic carboxylic acids is 1. The molecule has 2 rings (SSSR count). The molecule has 2 N–H and O–H groups in total. The van der Waals surface area contributed by atoms with Crippen molar-refractivity contribution < 1.29 is 14.6 Å². The average molecular weight is 319 g/mol. The van der Waals surface area contributed by atoms with Gasteiger partial charge >= 0.3 is 5.97 Å². The number of ether oxygens (including phenoxy) is 1. The first-order valence-electron chi connectivity index (χ1n) is 8.43. The van der Waals surface area contributed by atoms with Gasteiger partial charge in [0, 0.05) is 6.54 Å². The van der Waals surface area contributed by atoms with Gasteiger partial charge in [-0.15, -0.1) is 0 Å². The molecule has 23 heavy (non-hydrogen) atoms. The number of fused-ring (bicyclic) bond motifs is 1. The Labute approximate surface area is 139 Å². The molecule has 1 aliphatic heterocycles. The molecule has 4 heteroatoms. The highest BCUT2D eigenvalue weighted by Gasteiger charge is 2.33. The van der Waals surface area contributed by atoms with E-state index in [1.165, 1.54) is 5.56 Å². The van der Waals surface area contributed by atoms with Gasteiger partial charge in [0.05, 0.1) is 6.61 Å². The van der Waals surface area contributed by atoms with Gasteiger partial charge < -0.3 is 9.84 Å². The maximum atomic E-state index is 11.7. The third-order valence-electron chi connectivity index (χ3n) is 4.51. The highest BCUT2D eigenvalue weighted by molar-refractivity contribution is 5.78. The third-order valence-corrected chi connectivity index (χ3v) is 4.51. The summed E-state index contributed by atoms with van der Waals surface area (Å²) in [7, 11) is 0. The van der Waals surface area contributed by atoms with Gasteiger partial charge in [0.2, 0.25) is 0 Å². The van der Waals surface area contributed by atoms with Crippen molar-refractivity contribution in [2.75, 3.05) is 6.61 Å². The van der Waals surface area contributed by atoms with Crippen LogP contribution in [0.2, 0.25) is 0 Å². The molecule has 1 aromatic rings. The molecule has 0 spiro atoms. The molecular formula is C19H29NO3. The van der Waals surface area contributed by atoms with E-state index in [4.69, 9.17) is 4.74 Å². The van der Waals surface area contributed by atoms with E-state index in [-0.39, 0.29) is 5.41 Å². The summed E-state index contributed by atoms with van der Waals surface area (Å²) in [6, 6.07) is 6.19. The minimum Gasteiger partial charge on any atom is -0.493 e. The summed E-state index contributed by atoms with van der Waals surface area (Å²) in [6.07, 6.45) is 3.58. The summed E-state index contributed by atoms with van der Waals surface area (Å²) < 4.78 is 5.69. The molecule has 128 valence electrons. The lowest BCUT2D eigenvalue weighted by molar-refractivity contribution is -0.144. The number of carboxylic acids is 1. The molecule has 0 amide bonds. The van der Waals surface area contributed by atoms with E-state index >= 15 is 0 Å². The van der Waals surface area contributed by atoms with E-state index in [1.807, 2.05) is 6.07 Å². The first kappa shape index (κ1) is 17.8. The summed E-state index contributed by atoms with van der Waals surface area (Å²) in [4.78, 5) is 11.7. The van der Waals surface area contributed by atoms with Crippen molar-refractivity contribution in [3.05, 3.63) is 29.3 Å². The van der Waals surface area contributed by atoms with Gasteiger partial charge in [-0.25, -0.2) is 0 Å². The van der Waals surface area contributed by atoms with Crippen LogP contribution in [-0.4, -0.2) is 23.2 Å². The predicted octanol–water partition coefficient (Wildman–Crippen LogP) is 3.77. The average Bonchev–Trinajstić information content (AvgIpc) is 2.50. The molecule has 1 atom stereocenters. The number of carbonyl (C=O) groups is 1. The number of hydrogen-bond acceptors (Lipinski definition) is 3. The molecule has 0 unspecified atom stereocenters. The van der Waals surface area contributed by atoms with Crippen molar-refractivity contribution in [2.45, 2.75) is 65.5 Å². The molecule has 0 saturated heterocycles. The maximum Gasteiger partial charge on any atom is 0.323 e. The Balaban J connectivity index is 2.02. The van der Waals surface area contributed by atoms with Crippen molar-refractivity contribution in [3.8, 4) is 5.75 Å². The lowest BCUT2D eigenvalue weighted by Crippen LogP contribution is -2.49. The number of carboxylic acid groups (broad SMARTS) is 1. The predicted molar refractivity (Wildman–Crippen MR) is 91.8 cm³/mol. The van der Waals surface area contributed by atoms with Crippen LogP contribution in [0.25, 0.3) is 0 Å². The van der Waals surface area contributed by atoms with Crippen LogP contribution >= 0.6 is 0 Å². The maximum absolute atomic E-state index is 11.7. The van der Waals surface area contributed by atoms with E-state index in [1.54, 1.807) is 6.92 Å². The van der Waals surface area contributed by atoms with Crippen molar-refractivity contribution in [2.24, 2.45) is 5.41 Å². The molecule has 1 aromatic carbocycles.